The smallest absolute Gasteiger partial charge is 0.365 e. The summed E-state index contributed by atoms with van der Waals surface area (Å²) in [7, 11) is 0. The van der Waals surface area contributed by atoms with E-state index in [4.69, 9.17) is 4.99 Å². The number of halogens is 4. The molecule has 186 valence electrons. The van der Waals surface area contributed by atoms with Gasteiger partial charge in [0, 0.05) is 23.3 Å². The molecule has 34 heavy (non-hydrogen) atoms. The summed E-state index contributed by atoms with van der Waals surface area (Å²) < 4.78 is 55.6. The fourth-order valence-electron chi connectivity index (χ4n) is 5.89. The van der Waals surface area contributed by atoms with E-state index < -0.39 is 23.6 Å². The predicted octanol–water partition coefficient (Wildman–Crippen LogP) is 8.14. The highest BCUT2D eigenvalue weighted by molar-refractivity contribution is 6.05. The molecule has 6 heteroatoms. The van der Waals surface area contributed by atoms with Crippen LogP contribution in [0.15, 0.2) is 52.1 Å². The first-order valence-electron chi connectivity index (χ1n) is 12.4. The summed E-state index contributed by atoms with van der Waals surface area (Å²) in [4.78, 5) is 4.79. The van der Waals surface area contributed by atoms with E-state index in [0.29, 0.717) is 23.3 Å². The standard InChI is InChI=1S/C28H35F4NO/c1-17(2)25-23(24(29)19-10-12-20(13-11-19)28(30,31)32)22(18-8-6-5-7-9-18)21-14-15-26(3,4)16-27(21,34)33-25/h10-14,17-18,24,34H,5-9,15-16H2,1-4H3/t24?,27-/m0/s1. The molecular formula is C28H35F4NO. The van der Waals surface area contributed by atoms with Gasteiger partial charge in [-0.2, -0.15) is 13.2 Å². The lowest BCUT2D eigenvalue weighted by Crippen LogP contribution is -2.44. The minimum absolute atomic E-state index is 0.111. The zero-order valence-electron chi connectivity index (χ0n) is 20.5. The van der Waals surface area contributed by atoms with E-state index in [1.807, 2.05) is 19.9 Å². The van der Waals surface area contributed by atoms with Gasteiger partial charge in [0.1, 0.15) is 0 Å². The van der Waals surface area contributed by atoms with Crippen molar-refractivity contribution in [2.75, 3.05) is 0 Å². The summed E-state index contributed by atoms with van der Waals surface area (Å²) >= 11 is 0. The Bertz CT molecular complexity index is 1010. The van der Waals surface area contributed by atoms with Gasteiger partial charge in [0.15, 0.2) is 11.9 Å². The Morgan fingerprint density at radius 3 is 2.21 bits per heavy atom. The Balaban J connectivity index is 1.89. The molecule has 3 aliphatic rings. The molecule has 1 heterocycles. The van der Waals surface area contributed by atoms with E-state index in [-0.39, 0.29) is 22.8 Å². The van der Waals surface area contributed by atoms with Crippen LogP contribution >= 0.6 is 0 Å². The highest BCUT2D eigenvalue weighted by Crippen LogP contribution is 2.53. The number of hydrogen-bond donors (Lipinski definition) is 1. The van der Waals surface area contributed by atoms with Gasteiger partial charge in [-0.15, -0.1) is 0 Å². The Morgan fingerprint density at radius 1 is 1.03 bits per heavy atom. The lowest BCUT2D eigenvalue weighted by Gasteiger charge is -2.46. The molecule has 1 unspecified atom stereocenters. The van der Waals surface area contributed by atoms with Crippen LogP contribution in [0.3, 0.4) is 0 Å². The zero-order valence-corrected chi connectivity index (χ0v) is 20.5. The zero-order chi connectivity index (χ0) is 24.9. The van der Waals surface area contributed by atoms with Crippen LogP contribution < -0.4 is 0 Å². The Morgan fingerprint density at radius 2 is 1.65 bits per heavy atom. The molecule has 1 N–H and O–H groups in total. The molecule has 0 amide bonds. The highest BCUT2D eigenvalue weighted by Gasteiger charge is 2.48. The fraction of sp³-hybridized carbons (Fsp3) is 0.607. The molecule has 2 nitrogen and oxygen atoms in total. The number of rotatable bonds is 4. The predicted molar refractivity (Wildman–Crippen MR) is 127 cm³/mol. The molecule has 2 aliphatic carbocycles. The summed E-state index contributed by atoms with van der Waals surface area (Å²) in [5, 5.41) is 11.8. The van der Waals surface area contributed by atoms with Crippen LogP contribution in [-0.4, -0.2) is 16.5 Å². The molecule has 1 fully saturated rings. The van der Waals surface area contributed by atoms with Crippen LogP contribution in [-0.2, 0) is 6.18 Å². The van der Waals surface area contributed by atoms with Crippen LogP contribution in [0.1, 0.15) is 89.9 Å². The molecule has 4 rings (SSSR count). The van der Waals surface area contributed by atoms with Crippen molar-refractivity contribution in [2.24, 2.45) is 22.2 Å². The van der Waals surface area contributed by atoms with Crippen molar-refractivity contribution in [3.05, 3.63) is 58.2 Å². The van der Waals surface area contributed by atoms with Crippen LogP contribution in [0.25, 0.3) is 0 Å². The minimum atomic E-state index is -4.47. The Kier molecular flexibility index (Phi) is 6.60. The third-order valence-corrected chi connectivity index (χ3v) is 7.52. The van der Waals surface area contributed by atoms with Crippen molar-refractivity contribution in [1.82, 2.24) is 0 Å². The largest absolute Gasteiger partial charge is 0.416 e. The van der Waals surface area contributed by atoms with Crippen molar-refractivity contribution in [3.8, 4) is 0 Å². The van der Waals surface area contributed by atoms with Gasteiger partial charge in [-0.25, -0.2) is 4.39 Å². The second-order valence-corrected chi connectivity index (χ2v) is 11.3. The lowest BCUT2D eigenvalue weighted by atomic mass is 9.65. The van der Waals surface area contributed by atoms with Gasteiger partial charge in [0.2, 0.25) is 0 Å². The summed E-state index contributed by atoms with van der Waals surface area (Å²) in [5.74, 6) is -0.0309. The average molecular weight is 478 g/mol. The maximum Gasteiger partial charge on any atom is 0.416 e. The number of nitrogens with zero attached hydrogens (tertiary/aromatic N) is 1. The molecule has 0 radical (unpaired) electrons. The first kappa shape index (κ1) is 25.2. The monoisotopic (exact) mass is 477 g/mol. The van der Waals surface area contributed by atoms with E-state index in [1.165, 1.54) is 12.1 Å². The topological polar surface area (TPSA) is 32.6 Å². The van der Waals surface area contributed by atoms with Gasteiger partial charge in [-0.3, -0.25) is 4.99 Å². The van der Waals surface area contributed by atoms with E-state index in [9.17, 15) is 18.3 Å². The van der Waals surface area contributed by atoms with E-state index in [2.05, 4.69) is 13.8 Å². The molecule has 1 aromatic carbocycles. The van der Waals surface area contributed by atoms with Crippen LogP contribution in [0.5, 0.6) is 0 Å². The maximum absolute atomic E-state index is 16.4. The molecule has 1 saturated carbocycles. The highest BCUT2D eigenvalue weighted by atomic mass is 19.4. The van der Waals surface area contributed by atoms with E-state index >= 15 is 4.39 Å². The van der Waals surface area contributed by atoms with Crippen molar-refractivity contribution >= 4 is 5.71 Å². The van der Waals surface area contributed by atoms with E-state index in [0.717, 1.165) is 56.2 Å². The van der Waals surface area contributed by atoms with Crippen molar-refractivity contribution in [1.29, 1.82) is 0 Å². The van der Waals surface area contributed by atoms with Crippen molar-refractivity contribution in [2.45, 2.75) is 90.7 Å². The van der Waals surface area contributed by atoms with Crippen molar-refractivity contribution in [3.63, 3.8) is 0 Å². The Labute approximate surface area is 199 Å². The second kappa shape index (κ2) is 8.92. The third kappa shape index (κ3) is 4.75. The normalized spacial score (nSPS) is 26.8. The summed E-state index contributed by atoms with van der Waals surface area (Å²) in [6.45, 7) is 8.07. The number of aliphatic imine (C=N–C) groups is 1. The Hall–Kier alpha value is -1.95. The molecule has 0 spiro atoms. The number of dihydropyridines is 1. The van der Waals surface area contributed by atoms with Crippen molar-refractivity contribution < 1.29 is 22.7 Å². The summed E-state index contributed by atoms with van der Waals surface area (Å²) in [5.41, 5.74) is 0.419. The number of aliphatic hydroxyl groups is 1. The lowest BCUT2D eigenvalue weighted by molar-refractivity contribution is -0.137. The molecule has 1 aromatic rings. The fourth-order valence-corrected chi connectivity index (χ4v) is 5.89. The van der Waals surface area contributed by atoms with Gasteiger partial charge >= 0.3 is 6.18 Å². The maximum atomic E-state index is 16.4. The molecular weight excluding hydrogens is 442 g/mol. The van der Waals surface area contributed by atoms with E-state index in [1.54, 1.807) is 0 Å². The van der Waals surface area contributed by atoms with Gasteiger partial charge in [0.05, 0.1) is 5.56 Å². The van der Waals surface area contributed by atoms with Crippen LogP contribution in [0, 0.1) is 17.3 Å². The molecule has 0 aromatic heterocycles. The first-order chi connectivity index (χ1) is 15.8. The average Bonchev–Trinajstić information content (AvgIpc) is 2.76. The van der Waals surface area contributed by atoms with Gasteiger partial charge in [-0.1, -0.05) is 65.2 Å². The van der Waals surface area contributed by atoms with Crippen LogP contribution in [0.2, 0.25) is 0 Å². The molecule has 1 aliphatic heterocycles. The van der Waals surface area contributed by atoms with Crippen LogP contribution in [0.4, 0.5) is 17.6 Å². The second-order valence-electron chi connectivity index (χ2n) is 11.3. The quantitative estimate of drug-likeness (QED) is 0.436. The minimum Gasteiger partial charge on any atom is -0.365 e. The molecule has 2 atom stereocenters. The number of fused-ring (bicyclic) bond motifs is 1. The van der Waals surface area contributed by atoms with Gasteiger partial charge < -0.3 is 5.11 Å². The molecule has 0 bridgehead atoms. The molecule has 0 saturated heterocycles. The van der Waals surface area contributed by atoms with Gasteiger partial charge in [-0.05, 0) is 59.8 Å². The number of alkyl halides is 4. The summed E-state index contributed by atoms with van der Waals surface area (Å²) in [6, 6.07) is 4.35. The number of hydrogen-bond acceptors (Lipinski definition) is 2. The number of allylic oxidation sites excluding steroid dienone is 2. The number of benzene rings is 1. The van der Waals surface area contributed by atoms with Gasteiger partial charge in [0.25, 0.3) is 0 Å². The SMILES string of the molecule is CC(C)C1=N[C@]2(O)CC(C)(C)CC=C2C(C2CCCCC2)=C1C(F)c1ccc(C(F)(F)F)cc1. The summed E-state index contributed by atoms with van der Waals surface area (Å²) in [6.07, 6.45) is 2.24. The first-order valence-corrected chi connectivity index (χ1v) is 12.4. The third-order valence-electron chi connectivity index (χ3n) is 7.52.